The van der Waals surface area contributed by atoms with Gasteiger partial charge in [-0.05, 0) is 23.3 Å². The van der Waals surface area contributed by atoms with Crippen LogP contribution in [0, 0.1) is 5.82 Å². The molecule has 1 heterocycles. The Kier molecular flexibility index (Phi) is 4.71. The van der Waals surface area contributed by atoms with E-state index in [9.17, 15) is 14.0 Å². The van der Waals surface area contributed by atoms with Gasteiger partial charge in [-0.2, -0.15) is 0 Å². The van der Waals surface area contributed by atoms with Crippen molar-refractivity contribution < 1.29 is 14.0 Å². The summed E-state index contributed by atoms with van der Waals surface area (Å²) in [6, 6.07) is 15.0. The summed E-state index contributed by atoms with van der Waals surface area (Å²) < 4.78 is 12.9. The lowest BCUT2D eigenvalue weighted by molar-refractivity contribution is -0.137. The third-order valence-corrected chi connectivity index (χ3v) is 4.11. The number of carbonyl (C=O) groups is 2. The number of imide groups is 1. The van der Waals surface area contributed by atoms with Gasteiger partial charge in [0.15, 0.2) is 5.38 Å². The van der Waals surface area contributed by atoms with Crippen LogP contribution in [-0.2, 0) is 22.7 Å². The van der Waals surface area contributed by atoms with Gasteiger partial charge in [0.05, 0.1) is 13.1 Å². The number of likely N-dealkylation sites (tertiary alicyclic amines) is 1. The van der Waals surface area contributed by atoms with E-state index in [0.717, 1.165) is 16.0 Å². The maximum Gasteiger partial charge on any atom is 0.276 e. The topological polar surface area (TPSA) is 49.7 Å². The summed E-state index contributed by atoms with van der Waals surface area (Å²) in [5.41, 5.74) is 1.60. The number of nitrogens with zero attached hydrogens (tertiary/aromatic N) is 2. The van der Waals surface area contributed by atoms with E-state index in [1.807, 2.05) is 30.3 Å². The van der Waals surface area contributed by atoms with Crippen LogP contribution >= 0.6 is 11.6 Å². The summed E-state index contributed by atoms with van der Waals surface area (Å²) >= 11 is 6.07. The minimum absolute atomic E-state index is 0.0296. The highest BCUT2D eigenvalue weighted by Crippen LogP contribution is 2.20. The Hall–Kier alpha value is -2.53. The zero-order chi connectivity index (χ0) is 17.1. The number of hydrogen-bond donors (Lipinski definition) is 0. The molecule has 1 aliphatic heterocycles. The molecule has 2 aromatic carbocycles. The second-order valence-electron chi connectivity index (χ2n) is 5.41. The van der Waals surface area contributed by atoms with Gasteiger partial charge in [-0.15, -0.1) is 11.6 Å². The summed E-state index contributed by atoms with van der Waals surface area (Å²) in [6.45, 7) is 0.328. The summed E-state index contributed by atoms with van der Waals surface area (Å²) in [5, 5.41) is -1.08. The minimum atomic E-state index is -1.08. The predicted octanol–water partition coefficient (Wildman–Crippen LogP) is 2.94. The van der Waals surface area contributed by atoms with Gasteiger partial charge in [-0.25, -0.2) is 4.39 Å². The molecule has 0 N–H and O–H groups in total. The van der Waals surface area contributed by atoms with Crippen molar-refractivity contribution in [2.45, 2.75) is 18.5 Å². The number of rotatable bonds is 4. The zero-order valence-corrected chi connectivity index (χ0v) is 13.4. The number of amides is 2. The monoisotopic (exact) mass is 344 g/mol. The Morgan fingerprint density at radius 3 is 2.33 bits per heavy atom. The molecule has 0 saturated carbocycles. The fourth-order valence-electron chi connectivity index (χ4n) is 2.43. The molecule has 1 aliphatic rings. The number of alkyl halides is 1. The van der Waals surface area contributed by atoms with Gasteiger partial charge in [-0.3, -0.25) is 19.5 Å². The number of carbonyl (C=O) groups excluding carboxylic acids is 2. The SMILES string of the molecule is O=C1C(=NCc2ccc(F)cc2)C(Cl)C(=O)N1Cc1ccccc1. The number of benzene rings is 2. The third kappa shape index (κ3) is 3.36. The van der Waals surface area contributed by atoms with Crippen molar-refractivity contribution in [3.63, 3.8) is 0 Å². The highest BCUT2D eigenvalue weighted by Gasteiger charge is 2.43. The van der Waals surface area contributed by atoms with Gasteiger partial charge in [0.1, 0.15) is 11.5 Å². The van der Waals surface area contributed by atoms with E-state index in [2.05, 4.69) is 4.99 Å². The molecule has 1 atom stereocenters. The average Bonchev–Trinajstić information content (AvgIpc) is 2.79. The summed E-state index contributed by atoms with van der Waals surface area (Å²) in [5.74, 6) is -1.29. The van der Waals surface area contributed by atoms with Crippen molar-refractivity contribution >= 4 is 29.1 Å². The number of hydrogen-bond acceptors (Lipinski definition) is 3. The second kappa shape index (κ2) is 6.93. The molecule has 1 unspecified atom stereocenters. The summed E-state index contributed by atoms with van der Waals surface area (Å²) in [4.78, 5) is 30.0. The molecule has 0 bridgehead atoms. The first-order valence-electron chi connectivity index (χ1n) is 7.39. The van der Waals surface area contributed by atoms with Crippen molar-refractivity contribution in [1.29, 1.82) is 0 Å². The fourth-order valence-corrected chi connectivity index (χ4v) is 2.71. The molecule has 0 aromatic heterocycles. The van der Waals surface area contributed by atoms with Gasteiger partial charge in [0.2, 0.25) is 0 Å². The van der Waals surface area contributed by atoms with E-state index in [-0.39, 0.29) is 24.6 Å². The van der Waals surface area contributed by atoms with Crippen molar-refractivity contribution in [1.82, 2.24) is 4.90 Å². The summed E-state index contributed by atoms with van der Waals surface area (Å²) in [6.07, 6.45) is 0. The Labute approximate surface area is 143 Å². The Morgan fingerprint density at radius 1 is 1.00 bits per heavy atom. The van der Waals surface area contributed by atoms with E-state index in [0.29, 0.717) is 0 Å². The van der Waals surface area contributed by atoms with E-state index < -0.39 is 17.2 Å². The lowest BCUT2D eigenvalue weighted by Gasteiger charge is -2.12. The number of halogens is 2. The number of aliphatic imine (C=N–C) groups is 1. The Bertz CT molecular complexity index is 790. The predicted molar refractivity (Wildman–Crippen MR) is 89.2 cm³/mol. The van der Waals surface area contributed by atoms with Crippen LogP contribution in [0.15, 0.2) is 59.6 Å². The van der Waals surface area contributed by atoms with Gasteiger partial charge >= 0.3 is 0 Å². The molecule has 0 radical (unpaired) electrons. The highest BCUT2D eigenvalue weighted by atomic mass is 35.5. The molecule has 0 aliphatic carbocycles. The molecular weight excluding hydrogens is 331 g/mol. The lowest BCUT2D eigenvalue weighted by Crippen LogP contribution is -2.30. The van der Waals surface area contributed by atoms with Crippen molar-refractivity contribution in [3.8, 4) is 0 Å². The standard InChI is InChI=1S/C18H14ClFN2O2/c19-15-16(21-10-12-6-8-14(20)9-7-12)18(24)22(17(15)23)11-13-4-2-1-3-5-13/h1-9,15H,10-11H2. The molecule has 2 amide bonds. The van der Waals surface area contributed by atoms with Crippen LogP contribution in [0.25, 0.3) is 0 Å². The van der Waals surface area contributed by atoms with Gasteiger partial charge in [-0.1, -0.05) is 42.5 Å². The van der Waals surface area contributed by atoms with E-state index in [1.165, 1.54) is 12.1 Å². The van der Waals surface area contributed by atoms with Crippen molar-refractivity contribution in [2.75, 3.05) is 0 Å². The van der Waals surface area contributed by atoms with E-state index >= 15 is 0 Å². The van der Waals surface area contributed by atoms with Gasteiger partial charge < -0.3 is 0 Å². The first kappa shape index (κ1) is 16.3. The molecule has 4 nitrogen and oxygen atoms in total. The molecule has 1 fully saturated rings. The van der Waals surface area contributed by atoms with Crippen LogP contribution in [0.3, 0.4) is 0 Å². The van der Waals surface area contributed by atoms with Crippen LogP contribution < -0.4 is 0 Å². The van der Waals surface area contributed by atoms with Crippen molar-refractivity contribution in [3.05, 3.63) is 71.5 Å². The molecule has 0 spiro atoms. The molecule has 24 heavy (non-hydrogen) atoms. The zero-order valence-electron chi connectivity index (χ0n) is 12.7. The van der Waals surface area contributed by atoms with Crippen LogP contribution in [0.1, 0.15) is 11.1 Å². The summed E-state index contributed by atoms with van der Waals surface area (Å²) in [7, 11) is 0. The smallest absolute Gasteiger partial charge is 0.276 e. The first-order chi connectivity index (χ1) is 11.6. The maximum absolute atomic E-state index is 12.9. The third-order valence-electron chi connectivity index (χ3n) is 3.72. The van der Waals surface area contributed by atoms with Crippen LogP contribution in [-0.4, -0.2) is 27.8 Å². The fraction of sp³-hybridized carbons (Fsp3) is 0.167. The van der Waals surface area contributed by atoms with Crippen molar-refractivity contribution in [2.24, 2.45) is 4.99 Å². The maximum atomic E-state index is 12.9. The highest BCUT2D eigenvalue weighted by molar-refractivity contribution is 6.63. The minimum Gasteiger partial charge on any atom is -0.277 e. The van der Waals surface area contributed by atoms with E-state index in [4.69, 9.17) is 11.6 Å². The molecule has 6 heteroatoms. The van der Waals surface area contributed by atoms with Crippen LogP contribution in [0.4, 0.5) is 4.39 Å². The molecule has 2 aromatic rings. The average molecular weight is 345 g/mol. The Morgan fingerprint density at radius 2 is 1.67 bits per heavy atom. The normalized spacial score (nSPS) is 19.3. The largest absolute Gasteiger partial charge is 0.277 e. The molecular formula is C18H14ClFN2O2. The lowest BCUT2D eigenvalue weighted by atomic mass is 10.2. The first-order valence-corrected chi connectivity index (χ1v) is 7.82. The molecule has 122 valence electrons. The van der Waals surface area contributed by atoms with Crippen LogP contribution in [0.2, 0.25) is 0 Å². The van der Waals surface area contributed by atoms with Gasteiger partial charge in [0.25, 0.3) is 11.8 Å². The molecule has 3 rings (SSSR count). The van der Waals surface area contributed by atoms with Crippen LogP contribution in [0.5, 0.6) is 0 Å². The van der Waals surface area contributed by atoms with E-state index in [1.54, 1.807) is 12.1 Å². The second-order valence-corrected chi connectivity index (χ2v) is 5.84. The molecule has 1 saturated heterocycles. The Balaban J connectivity index is 1.77. The van der Waals surface area contributed by atoms with Gasteiger partial charge in [0, 0.05) is 0 Å². The quantitative estimate of drug-likeness (QED) is 0.632.